The minimum atomic E-state index is -4.69. The van der Waals surface area contributed by atoms with E-state index >= 15 is 0 Å². The van der Waals surface area contributed by atoms with Crippen LogP contribution in [0.25, 0.3) is 0 Å². The first kappa shape index (κ1) is 17.1. The predicted octanol–water partition coefficient (Wildman–Crippen LogP) is 2.64. The van der Waals surface area contributed by atoms with Gasteiger partial charge in [0.05, 0.1) is 4.90 Å². The van der Waals surface area contributed by atoms with Crippen molar-refractivity contribution in [1.82, 2.24) is 4.72 Å². The van der Waals surface area contributed by atoms with E-state index in [0.29, 0.717) is 5.57 Å². The molecule has 0 spiro atoms. The molecule has 2 rings (SSSR count). The molecule has 10 heteroatoms. The number of benzene rings is 1. The largest absolute Gasteiger partial charge is 0.442 e. The predicted molar refractivity (Wildman–Crippen MR) is 73.8 cm³/mol. The summed E-state index contributed by atoms with van der Waals surface area (Å²) in [6, 6.07) is 3.86. The zero-order chi connectivity index (χ0) is 17.5. The topological polar surface area (TPSA) is 88.0 Å². The summed E-state index contributed by atoms with van der Waals surface area (Å²) >= 11 is 0. The molecule has 1 heterocycles. The maximum Gasteiger partial charge on any atom is 0.442 e. The van der Waals surface area contributed by atoms with Crippen molar-refractivity contribution in [3.8, 4) is 0 Å². The number of amides is 1. The smallest absolute Gasteiger partial charge is 0.269 e. The van der Waals surface area contributed by atoms with Gasteiger partial charge in [0.25, 0.3) is 15.9 Å². The van der Waals surface area contributed by atoms with Crippen LogP contribution in [0.2, 0.25) is 0 Å². The molecule has 1 aliphatic heterocycles. The summed E-state index contributed by atoms with van der Waals surface area (Å²) in [5.41, 5.74) is -2.31. The standard InChI is InChI=1S/C13H12F3N3O3S/c1-8(2)7-11(20)17-23(21,22)10-5-3-9(4-6-10)12(18-19-12)13(14,15)16/h3-7H,1-2H3,(H,17,20). The zero-order valence-corrected chi connectivity index (χ0v) is 12.9. The summed E-state index contributed by atoms with van der Waals surface area (Å²) in [6.07, 6.45) is -3.60. The molecule has 0 saturated carbocycles. The number of nitrogens with one attached hydrogen (secondary N) is 1. The summed E-state index contributed by atoms with van der Waals surface area (Å²) < 4.78 is 64.3. The third-order valence-corrected chi connectivity index (χ3v) is 4.28. The first-order valence-electron chi connectivity index (χ1n) is 6.31. The van der Waals surface area contributed by atoms with Crippen LogP contribution in [-0.4, -0.2) is 20.5 Å². The number of nitrogens with zero attached hydrogens (tertiary/aromatic N) is 2. The van der Waals surface area contributed by atoms with Crippen LogP contribution in [0.4, 0.5) is 13.2 Å². The van der Waals surface area contributed by atoms with E-state index in [4.69, 9.17) is 0 Å². The van der Waals surface area contributed by atoms with E-state index in [1.54, 1.807) is 18.6 Å². The Labute approximate surface area is 130 Å². The third-order valence-electron chi connectivity index (χ3n) is 2.92. The van der Waals surface area contributed by atoms with Gasteiger partial charge in [0.15, 0.2) is 0 Å². The van der Waals surface area contributed by atoms with Crippen molar-refractivity contribution in [2.75, 3.05) is 0 Å². The van der Waals surface area contributed by atoms with Crippen molar-refractivity contribution in [2.24, 2.45) is 10.2 Å². The van der Waals surface area contributed by atoms with Crippen molar-refractivity contribution < 1.29 is 26.4 Å². The van der Waals surface area contributed by atoms with E-state index in [2.05, 4.69) is 10.2 Å². The van der Waals surface area contributed by atoms with Crippen LogP contribution in [0, 0.1) is 0 Å². The summed E-state index contributed by atoms with van der Waals surface area (Å²) in [6.45, 7) is 3.22. The summed E-state index contributed by atoms with van der Waals surface area (Å²) in [5.74, 6) is -0.840. The lowest BCUT2D eigenvalue weighted by atomic mass is 10.0. The second kappa shape index (κ2) is 5.44. The number of hydrogen-bond acceptors (Lipinski definition) is 5. The second-order valence-corrected chi connectivity index (χ2v) is 6.77. The number of hydrogen-bond donors (Lipinski definition) is 1. The molecule has 1 aliphatic rings. The molecule has 6 nitrogen and oxygen atoms in total. The first-order chi connectivity index (χ1) is 10.5. The van der Waals surface area contributed by atoms with E-state index in [-0.39, 0.29) is 10.5 Å². The average molecular weight is 347 g/mol. The molecule has 1 amide bonds. The Balaban J connectivity index is 2.23. The van der Waals surface area contributed by atoms with Crippen LogP contribution in [0.5, 0.6) is 0 Å². The van der Waals surface area contributed by atoms with Crippen LogP contribution < -0.4 is 4.72 Å². The van der Waals surface area contributed by atoms with Crippen molar-refractivity contribution >= 4 is 15.9 Å². The lowest BCUT2D eigenvalue weighted by Gasteiger charge is -2.15. The molecule has 0 saturated heterocycles. The first-order valence-corrected chi connectivity index (χ1v) is 7.79. The number of halogens is 3. The van der Waals surface area contributed by atoms with Gasteiger partial charge in [-0.3, -0.25) is 4.79 Å². The second-order valence-electron chi connectivity index (χ2n) is 5.09. The van der Waals surface area contributed by atoms with Crippen molar-refractivity contribution in [1.29, 1.82) is 0 Å². The maximum atomic E-state index is 12.8. The van der Waals surface area contributed by atoms with Gasteiger partial charge < -0.3 is 0 Å². The van der Waals surface area contributed by atoms with Crippen LogP contribution in [0.3, 0.4) is 0 Å². The van der Waals surface area contributed by atoms with E-state index in [1.165, 1.54) is 0 Å². The van der Waals surface area contributed by atoms with Gasteiger partial charge in [-0.15, -0.1) is 10.2 Å². The number of carbonyl (C=O) groups is 1. The molecule has 23 heavy (non-hydrogen) atoms. The quantitative estimate of drug-likeness (QED) is 0.849. The molecule has 0 unspecified atom stereocenters. The Bertz CT molecular complexity index is 786. The van der Waals surface area contributed by atoms with E-state index in [9.17, 15) is 26.4 Å². The molecule has 0 bridgehead atoms. The van der Waals surface area contributed by atoms with Gasteiger partial charge in [-0.25, -0.2) is 13.1 Å². The molecule has 0 aromatic heterocycles. The van der Waals surface area contributed by atoms with Crippen molar-refractivity contribution in [3.63, 3.8) is 0 Å². The van der Waals surface area contributed by atoms with Gasteiger partial charge >= 0.3 is 11.8 Å². The minimum absolute atomic E-state index is 0.292. The van der Waals surface area contributed by atoms with E-state index < -0.39 is 27.8 Å². The fourth-order valence-corrected chi connectivity index (χ4v) is 2.73. The Kier molecular flexibility index (Phi) is 4.05. The number of rotatable bonds is 4. The van der Waals surface area contributed by atoms with Gasteiger partial charge in [-0.2, -0.15) is 13.2 Å². The van der Waals surface area contributed by atoms with Crippen LogP contribution in [0.15, 0.2) is 51.0 Å². The third kappa shape index (κ3) is 3.41. The lowest BCUT2D eigenvalue weighted by Crippen LogP contribution is -2.31. The molecule has 1 aromatic carbocycles. The molecule has 0 radical (unpaired) electrons. The molecule has 124 valence electrons. The maximum absolute atomic E-state index is 12.8. The SMILES string of the molecule is CC(C)=CC(=O)NS(=O)(=O)c1ccc(C2(C(F)(F)F)N=N2)cc1. The highest BCUT2D eigenvalue weighted by Crippen LogP contribution is 2.52. The molecular weight excluding hydrogens is 335 g/mol. The highest BCUT2D eigenvalue weighted by Gasteiger charge is 2.65. The molecule has 0 fully saturated rings. The normalized spacial score (nSPS) is 15.9. The van der Waals surface area contributed by atoms with E-state index in [1.807, 2.05) is 0 Å². The monoisotopic (exact) mass is 347 g/mol. The van der Waals surface area contributed by atoms with Gasteiger partial charge in [0.1, 0.15) is 0 Å². The number of carbonyl (C=O) groups excluding carboxylic acids is 1. The van der Waals surface area contributed by atoms with Crippen LogP contribution in [0.1, 0.15) is 19.4 Å². The summed E-state index contributed by atoms with van der Waals surface area (Å²) in [5, 5.41) is 6.04. The van der Waals surface area contributed by atoms with Crippen molar-refractivity contribution in [2.45, 2.75) is 30.6 Å². The number of sulfonamides is 1. The lowest BCUT2D eigenvalue weighted by molar-refractivity contribution is -0.166. The fourth-order valence-electron chi connectivity index (χ4n) is 1.79. The van der Waals surface area contributed by atoms with Crippen LogP contribution >= 0.6 is 0 Å². The van der Waals surface area contributed by atoms with Crippen molar-refractivity contribution in [3.05, 3.63) is 41.5 Å². The summed E-state index contributed by atoms with van der Waals surface area (Å²) in [7, 11) is -4.17. The Morgan fingerprint density at radius 2 is 1.70 bits per heavy atom. The van der Waals surface area contributed by atoms with Gasteiger partial charge in [-0.1, -0.05) is 17.7 Å². The van der Waals surface area contributed by atoms with Gasteiger partial charge in [0.2, 0.25) is 0 Å². The van der Waals surface area contributed by atoms with Gasteiger partial charge in [-0.05, 0) is 26.0 Å². The minimum Gasteiger partial charge on any atom is -0.269 e. The highest BCUT2D eigenvalue weighted by atomic mass is 32.2. The highest BCUT2D eigenvalue weighted by molar-refractivity contribution is 7.90. The van der Waals surface area contributed by atoms with E-state index in [0.717, 1.165) is 30.3 Å². The summed E-state index contributed by atoms with van der Waals surface area (Å²) in [4.78, 5) is 11.1. The molecule has 0 atom stereocenters. The number of alkyl halides is 3. The molecule has 0 aliphatic carbocycles. The average Bonchev–Trinajstić information content (AvgIpc) is 3.17. The molecule has 1 N–H and O–H groups in total. The van der Waals surface area contributed by atoms with Gasteiger partial charge in [0, 0.05) is 11.6 Å². The fraction of sp³-hybridized carbons (Fsp3) is 0.308. The Morgan fingerprint density at radius 3 is 2.09 bits per heavy atom. The zero-order valence-electron chi connectivity index (χ0n) is 12.0. The molecular formula is C13H12F3N3O3S. The Hall–Kier alpha value is -2.23. The molecule has 1 aromatic rings. The van der Waals surface area contributed by atoms with Crippen LogP contribution in [-0.2, 0) is 20.5 Å². The number of allylic oxidation sites excluding steroid dienone is 1. The Morgan fingerprint density at radius 1 is 1.17 bits per heavy atom.